The lowest BCUT2D eigenvalue weighted by Crippen LogP contribution is -2.67. The van der Waals surface area contributed by atoms with E-state index in [0.717, 1.165) is 44.5 Å². The SMILES string of the molecule is CC(=O)OC[C@H](OC(C)=O)C1C(OC(C)=O)C(O)C2C(OP(=O)(O)OP(O)(=S)OC[C@H]3O[C@@H](n4ccc(=O)[nH]c4=O)[C@@](O)(C4CC4)[C@@H]3O)OC21OC(C)=O. The number of aromatic nitrogens is 2. The third-order valence-corrected chi connectivity index (χ3v) is 12.6. The summed E-state index contributed by atoms with van der Waals surface area (Å²) in [6, 6.07) is 0.985. The van der Waals surface area contributed by atoms with Crippen molar-refractivity contribution < 1.29 is 90.6 Å². The van der Waals surface area contributed by atoms with E-state index in [1.807, 2.05) is 4.98 Å². The molecule has 3 heterocycles. The van der Waals surface area contributed by atoms with Crippen LogP contribution in [0.15, 0.2) is 21.9 Å². The van der Waals surface area contributed by atoms with E-state index in [2.05, 4.69) is 0 Å². The molecular formula is C28H38N2O21P2S. The van der Waals surface area contributed by atoms with Crippen molar-refractivity contribution in [2.45, 2.75) is 95.0 Å². The number of hydrogen-bond donors (Lipinski definition) is 6. The number of phosphoric ester groups is 1. The number of aliphatic hydroxyl groups is 3. The zero-order chi connectivity index (χ0) is 40.1. The number of nitrogens with zero attached hydrogens (tertiary/aromatic N) is 1. The number of H-pyrrole nitrogens is 1. The fourth-order valence-corrected chi connectivity index (χ4v) is 10.1. The second-order valence-electron chi connectivity index (χ2n) is 12.9. The fraction of sp³-hybridized carbons (Fsp3) is 0.714. The molecule has 0 amide bonds. The van der Waals surface area contributed by atoms with E-state index in [0.29, 0.717) is 12.8 Å². The van der Waals surface area contributed by atoms with Crippen molar-refractivity contribution in [2.75, 3.05) is 13.2 Å². The molecule has 2 aliphatic carbocycles. The zero-order valence-corrected chi connectivity index (χ0v) is 31.4. The Hall–Kier alpha value is -2.96. The van der Waals surface area contributed by atoms with Gasteiger partial charge < -0.3 is 58.1 Å². The Bertz CT molecular complexity index is 1870. The number of esters is 4. The highest BCUT2D eigenvalue weighted by molar-refractivity contribution is 8.08. The summed E-state index contributed by atoms with van der Waals surface area (Å²) in [4.78, 5) is 95.4. The Morgan fingerprint density at radius 3 is 2.30 bits per heavy atom. The molecule has 4 fully saturated rings. The monoisotopic (exact) mass is 832 g/mol. The normalized spacial score (nSPS) is 35.7. The number of hydrogen-bond acceptors (Lipinski definition) is 20. The van der Waals surface area contributed by atoms with Crippen molar-refractivity contribution in [3.8, 4) is 0 Å². The first-order valence-corrected chi connectivity index (χ1v) is 20.2. The molecule has 23 nitrogen and oxygen atoms in total. The Balaban J connectivity index is 1.32. The maximum Gasteiger partial charge on any atom is 0.481 e. The first-order valence-electron chi connectivity index (χ1n) is 16.1. The smallest absolute Gasteiger partial charge is 0.462 e. The van der Waals surface area contributed by atoms with E-state index in [1.165, 1.54) is 0 Å². The first kappa shape index (κ1) is 42.2. The van der Waals surface area contributed by atoms with Gasteiger partial charge in [0.25, 0.3) is 5.56 Å². The molecule has 2 aliphatic heterocycles. The molecule has 0 aromatic carbocycles. The fourth-order valence-electron chi connectivity index (χ4n) is 6.98. The van der Waals surface area contributed by atoms with Crippen LogP contribution in [0, 0.1) is 17.8 Å². The average molecular weight is 833 g/mol. The van der Waals surface area contributed by atoms with E-state index in [9.17, 15) is 58.4 Å². The van der Waals surface area contributed by atoms with Crippen molar-refractivity contribution >= 4 is 50.2 Å². The van der Waals surface area contributed by atoms with Crippen LogP contribution in [0.25, 0.3) is 0 Å². The largest absolute Gasteiger partial charge is 0.481 e. The number of ether oxygens (including phenoxy) is 6. The summed E-state index contributed by atoms with van der Waals surface area (Å²) in [7, 11) is -5.59. The highest BCUT2D eigenvalue weighted by Gasteiger charge is 2.78. The summed E-state index contributed by atoms with van der Waals surface area (Å²) in [6.45, 7) is -2.53. The minimum Gasteiger partial charge on any atom is -0.462 e. The summed E-state index contributed by atoms with van der Waals surface area (Å²) >= 11 is 4.86. The molecule has 26 heteroatoms. The highest BCUT2D eigenvalue weighted by Crippen LogP contribution is 2.66. The maximum atomic E-state index is 13.2. The van der Waals surface area contributed by atoms with Crippen LogP contribution in [0.3, 0.4) is 0 Å². The number of carbonyl (C=O) groups excluding carboxylic acids is 4. The van der Waals surface area contributed by atoms with Crippen LogP contribution in [-0.4, -0.2) is 120 Å². The molecule has 2 saturated heterocycles. The Labute approximate surface area is 309 Å². The van der Waals surface area contributed by atoms with E-state index in [1.54, 1.807) is 0 Å². The van der Waals surface area contributed by atoms with Crippen molar-refractivity contribution in [1.29, 1.82) is 0 Å². The quantitative estimate of drug-likeness (QED) is 0.0629. The third-order valence-electron chi connectivity index (χ3n) is 9.06. The van der Waals surface area contributed by atoms with E-state index in [-0.39, 0.29) is 0 Å². The molecule has 0 bridgehead atoms. The zero-order valence-electron chi connectivity index (χ0n) is 28.8. The van der Waals surface area contributed by atoms with Gasteiger partial charge in [0.1, 0.15) is 54.6 Å². The number of aromatic amines is 1. The van der Waals surface area contributed by atoms with E-state index in [4.69, 9.17) is 53.6 Å². The van der Waals surface area contributed by atoms with Gasteiger partial charge in [0, 0.05) is 40.0 Å². The summed E-state index contributed by atoms with van der Waals surface area (Å²) in [5.74, 6) is -10.1. The van der Waals surface area contributed by atoms with Crippen LogP contribution in [0.1, 0.15) is 46.8 Å². The second kappa shape index (κ2) is 15.5. The number of fused-ring (bicyclic) bond motifs is 1. The van der Waals surface area contributed by atoms with Gasteiger partial charge in [-0.05, 0) is 30.6 Å². The van der Waals surface area contributed by atoms with Crippen LogP contribution in [0.5, 0.6) is 0 Å². The molecule has 5 rings (SSSR count). The summed E-state index contributed by atoms with van der Waals surface area (Å²) < 4.78 is 61.2. The molecule has 8 unspecified atom stereocenters. The van der Waals surface area contributed by atoms with Crippen LogP contribution in [-0.2, 0) is 77.3 Å². The molecule has 54 heavy (non-hydrogen) atoms. The van der Waals surface area contributed by atoms with Crippen molar-refractivity contribution in [3.05, 3.63) is 33.1 Å². The Morgan fingerprint density at radius 1 is 1.07 bits per heavy atom. The molecule has 0 spiro atoms. The summed E-state index contributed by atoms with van der Waals surface area (Å²) in [5, 5.41) is 33.8. The predicted molar refractivity (Wildman–Crippen MR) is 173 cm³/mol. The maximum absolute atomic E-state index is 13.2. The minimum absolute atomic E-state index is 0.446. The summed E-state index contributed by atoms with van der Waals surface area (Å²) in [6.07, 6.45) is -10.2. The van der Waals surface area contributed by atoms with Gasteiger partial charge in [-0.3, -0.25) is 38.0 Å². The molecule has 2 saturated carbocycles. The number of carbonyl (C=O) groups is 4. The van der Waals surface area contributed by atoms with Gasteiger partial charge in [-0.15, -0.1) is 0 Å². The standard InChI is InChI=1S/C28H38N2O21P2S/c1-11(31)43-9-16(45-12(2)32)19-22(46-13(3)33)21(36)20-24(49-28(19,20)48-14(4)34)50-52(40,41)51-53(42,54)44-10-17-23(37)27(39,15-5-6-15)25(47-17)30-8-7-18(35)29-26(30)38/h7-8,15-17,19-25,36-37,39H,5-6,9-10H2,1-4H3,(H,40,41)(H,42,54)(H,29,35,38)/t16-,17+,19?,20?,21?,22?,23+,24?,25+,27+,28?,53?/m0/s1. The highest BCUT2D eigenvalue weighted by atomic mass is 32.5. The summed E-state index contributed by atoms with van der Waals surface area (Å²) in [5.41, 5.74) is -3.77. The molecule has 4 aliphatic rings. The third kappa shape index (κ3) is 8.55. The molecule has 1 aromatic rings. The van der Waals surface area contributed by atoms with Crippen molar-refractivity contribution in [2.24, 2.45) is 17.8 Å². The average Bonchev–Trinajstić information content (AvgIpc) is 3.81. The van der Waals surface area contributed by atoms with Gasteiger partial charge >= 0.3 is 44.1 Å². The van der Waals surface area contributed by atoms with E-state index >= 15 is 0 Å². The van der Waals surface area contributed by atoms with Crippen LogP contribution in [0.4, 0.5) is 0 Å². The van der Waals surface area contributed by atoms with Gasteiger partial charge in [0.05, 0.1) is 6.61 Å². The van der Waals surface area contributed by atoms with E-state index < -0.39 is 135 Å². The second-order valence-corrected chi connectivity index (χ2v) is 17.3. The number of aliphatic hydroxyl groups excluding tert-OH is 2. The number of nitrogens with one attached hydrogen (secondary N) is 1. The lowest BCUT2D eigenvalue weighted by Gasteiger charge is -2.52. The lowest BCUT2D eigenvalue weighted by atomic mass is 9.85. The topological polar surface area (TPSA) is 324 Å². The molecule has 1 aromatic heterocycles. The van der Waals surface area contributed by atoms with Gasteiger partial charge in [0.15, 0.2) is 12.5 Å². The number of rotatable bonds is 15. The molecule has 6 N–H and O–H groups in total. The minimum atomic E-state index is -5.59. The first-order chi connectivity index (χ1) is 25.0. The van der Waals surface area contributed by atoms with Crippen LogP contribution >= 0.6 is 14.5 Å². The van der Waals surface area contributed by atoms with Gasteiger partial charge in [-0.25, -0.2) is 13.7 Å². The van der Waals surface area contributed by atoms with Gasteiger partial charge in [0.2, 0.25) is 5.79 Å². The Kier molecular flexibility index (Phi) is 12.1. The molecular weight excluding hydrogens is 794 g/mol. The van der Waals surface area contributed by atoms with Crippen molar-refractivity contribution in [3.63, 3.8) is 0 Å². The number of phosphoric acid groups is 1. The predicted octanol–water partition coefficient (Wildman–Crippen LogP) is -2.05. The molecule has 0 radical (unpaired) electrons. The van der Waals surface area contributed by atoms with Crippen LogP contribution in [0.2, 0.25) is 0 Å². The lowest BCUT2D eigenvalue weighted by molar-refractivity contribution is -0.426. The molecule has 302 valence electrons. The Morgan fingerprint density at radius 2 is 1.74 bits per heavy atom. The van der Waals surface area contributed by atoms with Gasteiger partial charge in [-0.2, -0.15) is 0 Å². The van der Waals surface area contributed by atoms with Gasteiger partial charge in [-0.1, -0.05) is 0 Å². The van der Waals surface area contributed by atoms with Crippen molar-refractivity contribution in [1.82, 2.24) is 9.55 Å². The molecule has 13 atom stereocenters. The van der Waals surface area contributed by atoms with Crippen LogP contribution < -0.4 is 11.2 Å².